The van der Waals surface area contributed by atoms with E-state index in [1.165, 1.54) is 12.8 Å². The predicted molar refractivity (Wildman–Crippen MR) is 80.4 cm³/mol. The summed E-state index contributed by atoms with van der Waals surface area (Å²) in [5.74, 6) is 3.09. The molecule has 0 aliphatic carbocycles. The van der Waals surface area contributed by atoms with Crippen LogP contribution in [0.15, 0.2) is 6.07 Å². The molecule has 106 valence electrons. The van der Waals surface area contributed by atoms with Crippen LogP contribution in [0.2, 0.25) is 0 Å². The first-order valence-corrected chi connectivity index (χ1v) is 7.19. The molecule has 2 rings (SSSR count). The zero-order valence-electron chi connectivity index (χ0n) is 12.8. The van der Waals surface area contributed by atoms with Crippen LogP contribution in [-0.4, -0.2) is 22.6 Å². The van der Waals surface area contributed by atoms with Crippen molar-refractivity contribution in [1.29, 1.82) is 0 Å². The summed E-state index contributed by atoms with van der Waals surface area (Å²) in [5.41, 5.74) is 5.89. The van der Waals surface area contributed by atoms with Gasteiger partial charge in [0.2, 0.25) is 0 Å². The molecule has 1 aromatic heterocycles. The van der Waals surface area contributed by atoms with Gasteiger partial charge in [-0.15, -0.1) is 0 Å². The van der Waals surface area contributed by atoms with Crippen molar-refractivity contribution in [3.8, 4) is 0 Å². The minimum Gasteiger partial charge on any atom is -0.384 e. The maximum Gasteiger partial charge on any atom is 0.138 e. The summed E-state index contributed by atoms with van der Waals surface area (Å²) in [5, 5.41) is 0. The largest absolute Gasteiger partial charge is 0.384 e. The van der Waals surface area contributed by atoms with Gasteiger partial charge < -0.3 is 10.6 Å². The van der Waals surface area contributed by atoms with Gasteiger partial charge in [-0.25, -0.2) is 9.97 Å². The van der Waals surface area contributed by atoms with E-state index in [0.29, 0.717) is 17.8 Å². The number of nitrogens with two attached hydrogens (primary N) is 1. The summed E-state index contributed by atoms with van der Waals surface area (Å²) in [7, 11) is 0. The molecule has 0 spiro atoms. The van der Waals surface area contributed by atoms with Crippen molar-refractivity contribution in [2.24, 2.45) is 5.92 Å². The number of piperidine rings is 1. The molecule has 1 aromatic rings. The molecule has 1 aliphatic rings. The third-order valence-corrected chi connectivity index (χ3v) is 3.82. The molecule has 0 radical (unpaired) electrons. The molecule has 4 heteroatoms. The topological polar surface area (TPSA) is 55.0 Å². The van der Waals surface area contributed by atoms with E-state index < -0.39 is 0 Å². The molecule has 1 fully saturated rings. The highest BCUT2D eigenvalue weighted by Crippen LogP contribution is 2.29. The highest BCUT2D eigenvalue weighted by Gasteiger charge is 2.26. The van der Waals surface area contributed by atoms with E-state index in [1.807, 2.05) is 6.07 Å². The molecule has 2 unspecified atom stereocenters. The number of hydrogen-bond acceptors (Lipinski definition) is 4. The number of aromatic nitrogens is 2. The molecule has 4 nitrogen and oxygen atoms in total. The zero-order chi connectivity index (χ0) is 14.2. The molecule has 19 heavy (non-hydrogen) atoms. The van der Waals surface area contributed by atoms with Gasteiger partial charge in [-0.2, -0.15) is 0 Å². The van der Waals surface area contributed by atoms with Gasteiger partial charge in [0.1, 0.15) is 17.5 Å². The van der Waals surface area contributed by atoms with Crippen LogP contribution in [0, 0.1) is 5.92 Å². The van der Waals surface area contributed by atoms with Crippen LogP contribution in [0.3, 0.4) is 0 Å². The third-order valence-electron chi connectivity index (χ3n) is 3.82. The van der Waals surface area contributed by atoms with E-state index in [1.54, 1.807) is 0 Å². The second-order valence-electron chi connectivity index (χ2n) is 6.91. The minimum absolute atomic E-state index is 0.0746. The first kappa shape index (κ1) is 14.1. The normalized spacial score (nSPS) is 24.6. The van der Waals surface area contributed by atoms with Crippen LogP contribution in [0.4, 0.5) is 11.6 Å². The van der Waals surface area contributed by atoms with E-state index in [2.05, 4.69) is 44.5 Å². The van der Waals surface area contributed by atoms with Crippen LogP contribution in [-0.2, 0) is 5.41 Å². The first-order valence-electron chi connectivity index (χ1n) is 7.19. The van der Waals surface area contributed by atoms with Gasteiger partial charge in [-0.1, -0.05) is 27.7 Å². The molecule has 0 aromatic carbocycles. The van der Waals surface area contributed by atoms with Crippen molar-refractivity contribution in [3.63, 3.8) is 0 Å². The van der Waals surface area contributed by atoms with Crippen molar-refractivity contribution >= 4 is 11.6 Å². The van der Waals surface area contributed by atoms with Gasteiger partial charge in [-0.05, 0) is 25.7 Å². The maximum absolute atomic E-state index is 5.97. The Morgan fingerprint density at radius 3 is 2.53 bits per heavy atom. The van der Waals surface area contributed by atoms with Gasteiger partial charge in [0, 0.05) is 24.1 Å². The van der Waals surface area contributed by atoms with Crippen LogP contribution in [0.1, 0.15) is 53.3 Å². The molecule has 0 saturated carbocycles. The lowest BCUT2D eigenvalue weighted by Crippen LogP contribution is -2.42. The van der Waals surface area contributed by atoms with E-state index in [0.717, 1.165) is 18.2 Å². The summed E-state index contributed by atoms with van der Waals surface area (Å²) in [6.45, 7) is 12.0. The van der Waals surface area contributed by atoms with Gasteiger partial charge in [0.25, 0.3) is 0 Å². The Balaban J connectivity index is 2.36. The van der Waals surface area contributed by atoms with Gasteiger partial charge in [0.05, 0.1) is 0 Å². The Labute approximate surface area is 116 Å². The lowest BCUT2D eigenvalue weighted by molar-refractivity contribution is 0.387. The summed E-state index contributed by atoms with van der Waals surface area (Å²) in [4.78, 5) is 11.5. The molecule has 2 N–H and O–H groups in total. The number of nitrogens with zero attached hydrogens (tertiary/aromatic N) is 3. The van der Waals surface area contributed by atoms with E-state index >= 15 is 0 Å². The quantitative estimate of drug-likeness (QED) is 0.845. The molecule has 0 amide bonds. The fraction of sp³-hybridized carbons (Fsp3) is 0.733. The lowest BCUT2D eigenvalue weighted by atomic mass is 9.94. The SMILES string of the molecule is CC1CCC(C)N(c2cc(N)nc(C(C)(C)C)n2)C1. The smallest absolute Gasteiger partial charge is 0.138 e. The van der Waals surface area contributed by atoms with Crippen molar-refractivity contribution in [2.45, 2.75) is 58.9 Å². The number of rotatable bonds is 1. The van der Waals surface area contributed by atoms with Crippen LogP contribution >= 0.6 is 0 Å². The highest BCUT2D eigenvalue weighted by molar-refractivity contribution is 5.48. The highest BCUT2D eigenvalue weighted by atomic mass is 15.2. The fourth-order valence-corrected chi connectivity index (χ4v) is 2.54. The Hall–Kier alpha value is -1.32. The van der Waals surface area contributed by atoms with Gasteiger partial charge in [-0.3, -0.25) is 0 Å². The van der Waals surface area contributed by atoms with Crippen LogP contribution < -0.4 is 10.6 Å². The molecule has 2 heterocycles. The number of anilines is 2. The standard InChI is InChI=1S/C15H26N4/c1-10-6-7-11(2)19(9-10)13-8-12(16)17-14(18-13)15(3,4)5/h8,10-11H,6-7,9H2,1-5H3,(H2,16,17,18). The Morgan fingerprint density at radius 2 is 1.89 bits per heavy atom. The molecule has 1 saturated heterocycles. The third kappa shape index (κ3) is 3.17. The predicted octanol–water partition coefficient (Wildman–Crippen LogP) is 2.98. The number of nitrogen functional groups attached to an aromatic ring is 1. The van der Waals surface area contributed by atoms with Crippen LogP contribution in [0.5, 0.6) is 0 Å². The summed E-state index contributed by atoms with van der Waals surface area (Å²) >= 11 is 0. The monoisotopic (exact) mass is 262 g/mol. The molecule has 2 atom stereocenters. The molecule has 1 aliphatic heterocycles. The summed E-state index contributed by atoms with van der Waals surface area (Å²) < 4.78 is 0. The Bertz CT molecular complexity index is 450. The van der Waals surface area contributed by atoms with E-state index in [9.17, 15) is 0 Å². The summed E-state index contributed by atoms with van der Waals surface area (Å²) in [6.07, 6.45) is 2.51. The minimum atomic E-state index is -0.0746. The van der Waals surface area contributed by atoms with Crippen molar-refractivity contribution in [1.82, 2.24) is 9.97 Å². The van der Waals surface area contributed by atoms with Crippen molar-refractivity contribution in [3.05, 3.63) is 11.9 Å². The molecule has 0 bridgehead atoms. The average Bonchev–Trinajstić information content (AvgIpc) is 2.30. The van der Waals surface area contributed by atoms with Gasteiger partial charge >= 0.3 is 0 Å². The molecular weight excluding hydrogens is 236 g/mol. The van der Waals surface area contributed by atoms with Gasteiger partial charge in [0.15, 0.2) is 0 Å². The van der Waals surface area contributed by atoms with E-state index in [4.69, 9.17) is 10.7 Å². The summed E-state index contributed by atoms with van der Waals surface area (Å²) in [6, 6.07) is 2.43. The van der Waals surface area contributed by atoms with E-state index in [-0.39, 0.29) is 5.41 Å². The first-order chi connectivity index (χ1) is 8.77. The Morgan fingerprint density at radius 1 is 1.21 bits per heavy atom. The lowest BCUT2D eigenvalue weighted by Gasteiger charge is -2.38. The maximum atomic E-state index is 5.97. The fourth-order valence-electron chi connectivity index (χ4n) is 2.54. The number of hydrogen-bond donors (Lipinski definition) is 1. The second-order valence-corrected chi connectivity index (χ2v) is 6.91. The Kier molecular flexibility index (Phi) is 3.70. The van der Waals surface area contributed by atoms with Crippen molar-refractivity contribution in [2.75, 3.05) is 17.2 Å². The van der Waals surface area contributed by atoms with Crippen LogP contribution in [0.25, 0.3) is 0 Å². The van der Waals surface area contributed by atoms with Crippen molar-refractivity contribution < 1.29 is 0 Å². The average molecular weight is 262 g/mol. The zero-order valence-corrected chi connectivity index (χ0v) is 12.8. The molecular formula is C15H26N4. The second kappa shape index (κ2) is 4.99.